The summed E-state index contributed by atoms with van der Waals surface area (Å²) in [6.45, 7) is 0.737. The van der Waals surface area contributed by atoms with Crippen LogP contribution in [0.25, 0.3) is 0 Å². The van der Waals surface area contributed by atoms with Crippen LogP contribution in [0.3, 0.4) is 0 Å². The number of hydrogen-bond acceptors (Lipinski definition) is 6. The van der Waals surface area contributed by atoms with E-state index in [1.165, 1.54) is 22.2 Å². The number of thiophene rings is 1. The maximum Gasteiger partial charge on any atom is 0.273 e. The van der Waals surface area contributed by atoms with Crippen molar-refractivity contribution in [2.24, 2.45) is 0 Å². The molecule has 0 saturated carbocycles. The maximum absolute atomic E-state index is 12.0. The molecule has 8 nitrogen and oxygen atoms in total. The lowest BCUT2D eigenvalue weighted by Crippen LogP contribution is -2.26. The van der Waals surface area contributed by atoms with Gasteiger partial charge in [-0.05, 0) is 11.4 Å². The van der Waals surface area contributed by atoms with Gasteiger partial charge in [-0.2, -0.15) is 0 Å². The molecule has 3 aromatic rings. The van der Waals surface area contributed by atoms with Gasteiger partial charge in [0.05, 0.1) is 19.1 Å². The highest BCUT2D eigenvalue weighted by atomic mass is 32.1. The third-order valence-corrected chi connectivity index (χ3v) is 4.21. The standard InChI is InChI=1S/C14H16N6O2S/c21-12(13-2-1-5-23-13)8-20-7-11(18-19-20)14(22)16-4-3-10-6-15-9-17-10/h1-2,5-7,9,12,21H,3-4,8H2,(H,15,17)(H,16,22)/t12-/m1/s1. The molecule has 3 N–H and O–H groups in total. The number of amides is 1. The van der Waals surface area contributed by atoms with Crippen LogP contribution in [0.1, 0.15) is 27.2 Å². The van der Waals surface area contributed by atoms with Crippen molar-refractivity contribution in [1.29, 1.82) is 0 Å². The number of rotatable bonds is 7. The molecule has 120 valence electrons. The third-order valence-electron chi connectivity index (χ3n) is 3.24. The lowest BCUT2D eigenvalue weighted by Gasteiger charge is -2.07. The zero-order valence-corrected chi connectivity index (χ0v) is 13.0. The predicted octanol–water partition coefficient (Wildman–Crippen LogP) is 0.769. The average Bonchev–Trinajstić information content (AvgIpc) is 3.29. The Bertz CT molecular complexity index is 737. The van der Waals surface area contributed by atoms with Gasteiger partial charge in [-0.1, -0.05) is 11.3 Å². The number of carbonyl (C=O) groups excluding carboxylic acids is 1. The Kier molecular flexibility index (Phi) is 4.79. The Morgan fingerprint density at radius 1 is 1.52 bits per heavy atom. The van der Waals surface area contributed by atoms with E-state index in [0.29, 0.717) is 13.0 Å². The van der Waals surface area contributed by atoms with Crippen LogP contribution in [0.15, 0.2) is 36.2 Å². The SMILES string of the molecule is O=C(NCCc1cnc[nH]1)c1cn(C[C@@H](O)c2cccs2)nn1. The molecule has 3 aromatic heterocycles. The fourth-order valence-electron chi connectivity index (χ4n) is 2.06. The smallest absolute Gasteiger partial charge is 0.273 e. The average molecular weight is 332 g/mol. The number of imidazole rings is 1. The minimum Gasteiger partial charge on any atom is -0.386 e. The largest absolute Gasteiger partial charge is 0.386 e. The van der Waals surface area contributed by atoms with Gasteiger partial charge in [0.1, 0.15) is 6.10 Å². The van der Waals surface area contributed by atoms with E-state index in [1.807, 2.05) is 17.5 Å². The van der Waals surface area contributed by atoms with Gasteiger partial charge < -0.3 is 15.4 Å². The fraction of sp³-hybridized carbons (Fsp3) is 0.286. The van der Waals surface area contributed by atoms with Crippen molar-refractivity contribution in [2.75, 3.05) is 6.54 Å². The van der Waals surface area contributed by atoms with Gasteiger partial charge in [-0.15, -0.1) is 16.4 Å². The Labute approximate surface area is 136 Å². The minimum absolute atomic E-state index is 0.230. The number of aliphatic hydroxyl groups is 1. The first kappa shape index (κ1) is 15.4. The molecule has 0 saturated heterocycles. The van der Waals surface area contributed by atoms with E-state index in [-0.39, 0.29) is 18.1 Å². The molecule has 0 unspecified atom stereocenters. The van der Waals surface area contributed by atoms with Crippen LogP contribution in [0.4, 0.5) is 0 Å². The van der Waals surface area contributed by atoms with Gasteiger partial charge in [0.25, 0.3) is 5.91 Å². The van der Waals surface area contributed by atoms with Crippen molar-refractivity contribution in [2.45, 2.75) is 19.1 Å². The van der Waals surface area contributed by atoms with Crippen molar-refractivity contribution < 1.29 is 9.90 Å². The minimum atomic E-state index is -0.659. The molecule has 1 atom stereocenters. The number of carbonyl (C=O) groups is 1. The number of nitrogens with one attached hydrogen (secondary N) is 2. The van der Waals surface area contributed by atoms with E-state index in [0.717, 1.165) is 10.6 Å². The molecule has 0 fully saturated rings. The summed E-state index contributed by atoms with van der Waals surface area (Å²) >= 11 is 1.47. The number of H-pyrrole nitrogens is 1. The van der Waals surface area contributed by atoms with E-state index < -0.39 is 6.10 Å². The van der Waals surface area contributed by atoms with Gasteiger partial charge in [0, 0.05) is 29.7 Å². The van der Waals surface area contributed by atoms with Gasteiger partial charge in [0.15, 0.2) is 5.69 Å². The molecule has 0 bridgehead atoms. The van der Waals surface area contributed by atoms with Crippen molar-refractivity contribution >= 4 is 17.2 Å². The van der Waals surface area contributed by atoms with Crippen molar-refractivity contribution in [3.8, 4) is 0 Å². The molecule has 0 aliphatic carbocycles. The predicted molar refractivity (Wildman–Crippen MR) is 83.9 cm³/mol. The van der Waals surface area contributed by atoms with Gasteiger partial charge in [-0.25, -0.2) is 9.67 Å². The molecule has 0 spiro atoms. The molecular weight excluding hydrogens is 316 g/mol. The first-order valence-corrected chi connectivity index (χ1v) is 7.97. The molecule has 23 heavy (non-hydrogen) atoms. The highest BCUT2D eigenvalue weighted by Gasteiger charge is 2.14. The van der Waals surface area contributed by atoms with Crippen molar-refractivity contribution in [1.82, 2.24) is 30.3 Å². The van der Waals surface area contributed by atoms with Gasteiger partial charge in [0.2, 0.25) is 0 Å². The lowest BCUT2D eigenvalue weighted by atomic mass is 10.3. The molecule has 0 aliphatic heterocycles. The summed E-state index contributed by atoms with van der Waals surface area (Å²) in [5.74, 6) is -0.290. The first-order chi connectivity index (χ1) is 11.2. The second kappa shape index (κ2) is 7.16. The van der Waals surface area contributed by atoms with Crippen LogP contribution >= 0.6 is 11.3 Å². The van der Waals surface area contributed by atoms with Gasteiger partial charge >= 0.3 is 0 Å². The topological polar surface area (TPSA) is 109 Å². The third kappa shape index (κ3) is 4.02. The highest BCUT2D eigenvalue weighted by molar-refractivity contribution is 7.10. The molecular formula is C14H16N6O2S. The molecule has 0 radical (unpaired) electrons. The van der Waals surface area contributed by atoms with Crippen LogP contribution in [0.2, 0.25) is 0 Å². The van der Waals surface area contributed by atoms with Crippen LogP contribution in [0.5, 0.6) is 0 Å². The monoisotopic (exact) mass is 332 g/mol. The summed E-state index contributed by atoms with van der Waals surface area (Å²) in [4.78, 5) is 19.7. The molecule has 1 amide bonds. The number of nitrogens with zero attached hydrogens (tertiary/aromatic N) is 4. The zero-order valence-electron chi connectivity index (χ0n) is 12.2. The summed E-state index contributed by atoms with van der Waals surface area (Å²) < 4.78 is 1.47. The Morgan fingerprint density at radius 3 is 3.17 bits per heavy atom. The Morgan fingerprint density at radius 2 is 2.43 bits per heavy atom. The van der Waals surface area contributed by atoms with Crippen LogP contribution < -0.4 is 5.32 Å². The normalized spacial score (nSPS) is 12.2. The molecule has 3 heterocycles. The van der Waals surface area contributed by atoms with Crippen LogP contribution in [0, 0.1) is 0 Å². The van der Waals surface area contributed by atoms with Crippen molar-refractivity contribution in [3.63, 3.8) is 0 Å². The molecule has 3 rings (SSSR count). The number of aliphatic hydroxyl groups excluding tert-OH is 1. The number of aromatic amines is 1. The van der Waals surface area contributed by atoms with Gasteiger partial charge in [-0.3, -0.25) is 4.79 Å². The van der Waals surface area contributed by atoms with E-state index in [2.05, 4.69) is 25.6 Å². The highest BCUT2D eigenvalue weighted by Crippen LogP contribution is 2.19. The van der Waals surface area contributed by atoms with E-state index in [4.69, 9.17) is 0 Å². The number of aromatic nitrogens is 5. The summed E-state index contributed by atoms with van der Waals surface area (Å²) in [7, 11) is 0. The molecule has 9 heteroatoms. The van der Waals surface area contributed by atoms with Crippen molar-refractivity contribution in [3.05, 3.63) is 52.5 Å². The van der Waals surface area contributed by atoms with E-state index in [1.54, 1.807) is 12.5 Å². The first-order valence-electron chi connectivity index (χ1n) is 7.09. The van der Waals surface area contributed by atoms with Crippen LogP contribution in [-0.2, 0) is 13.0 Å². The second-order valence-electron chi connectivity index (χ2n) is 4.94. The zero-order chi connectivity index (χ0) is 16.1. The molecule has 0 aliphatic rings. The number of hydrogen-bond donors (Lipinski definition) is 3. The van der Waals surface area contributed by atoms with Crippen LogP contribution in [-0.4, -0.2) is 42.5 Å². The second-order valence-corrected chi connectivity index (χ2v) is 5.92. The quantitative estimate of drug-likeness (QED) is 0.592. The summed E-state index contributed by atoms with van der Waals surface area (Å²) in [6, 6.07) is 3.73. The summed E-state index contributed by atoms with van der Waals surface area (Å²) in [6.07, 6.45) is 4.85. The Hall–Kier alpha value is -2.52. The van der Waals surface area contributed by atoms with E-state index in [9.17, 15) is 9.90 Å². The maximum atomic E-state index is 12.0. The fourth-order valence-corrected chi connectivity index (χ4v) is 2.77. The Balaban J connectivity index is 1.50. The van der Waals surface area contributed by atoms with E-state index >= 15 is 0 Å². The lowest BCUT2D eigenvalue weighted by molar-refractivity contribution is 0.0948. The summed E-state index contributed by atoms with van der Waals surface area (Å²) in [5.41, 5.74) is 1.18. The summed E-state index contributed by atoms with van der Waals surface area (Å²) in [5, 5.41) is 22.5. The molecule has 0 aromatic carbocycles.